The summed E-state index contributed by atoms with van der Waals surface area (Å²) in [5.74, 6) is 5.43. The standard InChI is InChI=1S/C50H75N3O3S/c1-9-48(20-11-12-21-49(48,43(54)55)34-56-41-14-10-13-27-51-41)39-18-22-45(6)38(44(39,4)5)19-23-47(8)40(45)16-15-37-42-36(35(2)3)17-24-50(42,26-25-46(37,47)7)52-28-29-53-30-32-57-33-31-53/h10-11,13-14,18,20,27,36-38,40,42,52H,2,9,12,15-17,19,21-26,28-34H2,1,3-8H3,(H,54,55)/t36-,37+,38-,40+,42+,45-,46+,47+,48?,49?,50-/m0/s1. The van der Waals surface area contributed by atoms with Crippen LogP contribution in [0.3, 0.4) is 0 Å². The van der Waals surface area contributed by atoms with E-state index in [0.717, 1.165) is 25.8 Å². The fourth-order valence-corrected chi connectivity index (χ4v) is 17.3. The van der Waals surface area contributed by atoms with Crippen molar-refractivity contribution in [2.45, 2.75) is 131 Å². The summed E-state index contributed by atoms with van der Waals surface area (Å²) in [7, 11) is 0. The molecule has 7 aliphatic rings. The molecule has 5 fully saturated rings. The molecule has 57 heavy (non-hydrogen) atoms. The Morgan fingerprint density at radius 3 is 2.49 bits per heavy atom. The molecule has 0 radical (unpaired) electrons. The second kappa shape index (κ2) is 15.1. The second-order valence-corrected chi connectivity index (χ2v) is 22.6. The molecule has 2 N–H and O–H groups in total. The van der Waals surface area contributed by atoms with Gasteiger partial charge in [-0.2, -0.15) is 11.8 Å². The molecular weight excluding hydrogens is 723 g/mol. The Balaban J connectivity index is 1.10. The molecule has 0 spiro atoms. The third kappa shape index (κ3) is 6.21. The van der Waals surface area contributed by atoms with Gasteiger partial charge in [0.15, 0.2) is 0 Å². The summed E-state index contributed by atoms with van der Waals surface area (Å²) in [6.45, 7) is 27.3. The molecule has 7 heteroatoms. The normalized spacial score (nSPS) is 43.8. The average molecular weight is 798 g/mol. The molecule has 1 aromatic heterocycles. The second-order valence-electron chi connectivity index (χ2n) is 21.4. The van der Waals surface area contributed by atoms with Crippen LogP contribution in [0, 0.1) is 62.1 Å². The van der Waals surface area contributed by atoms with Crippen molar-refractivity contribution in [1.82, 2.24) is 15.2 Å². The number of fused-ring (bicyclic) bond motifs is 7. The molecule has 11 atom stereocenters. The van der Waals surface area contributed by atoms with Crippen molar-refractivity contribution in [3.63, 3.8) is 0 Å². The fraction of sp³-hybridized carbons (Fsp3) is 0.760. The Kier molecular flexibility index (Phi) is 11.0. The van der Waals surface area contributed by atoms with Gasteiger partial charge in [-0.15, -0.1) is 0 Å². The van der Waals surface area contributed by atoms with Crippen LogP contribution < -0.4 is 10.1 Å². The number of carbonyl (C=O) groups is 1. The van der Waals surface area contributed by atoms with Crippen LogP contribution in [0.25, 0.3) is 0 Å². The number of aliphatic carboxylic acids is 1. The van der Waals surface area contributed by atoms with Crippen LogP contribution in [0.4, 0.5) is 0 Å². The lowest BCUT2D eigenvalue weighted by Gasteiger charge is -2.73. The zero-order valence-corrected chi connectivity index (χ0v) is 37.5. The number of ether oxygens (including phenoxy) is 1. The number of pyridine rings is 1. The summed E-state index contributed by atoms with van der Waals surface area (Å²) < 4.78 is 6.34. The molecule has 314 valence electrons. The lowest BCUT2D eigenvalue weighted by molar-refractivity contribution is -0.222. The Morgan fingerprint density at radius 2 is 1.79 bits per heavy atom. The molecular formula is C50H75N3O3S. The monoisotopic (exact) mass is 798 g/mol. The quantitative estimate of drug-likeness (QED) is 0.216. The van der Waals surface area contributed by atoms with Crippen LogP contribution in [-0.2, 0) is 4.79 Å². The number of hydrogen-bond donors (Lipinski definition) is 2. The van der Waals surface area contributed by atoms with Gasteiger partial charge in [-0.05, 0) is 141 Å². The topological polar surface area (TPSA) is 74.7 Å². The van der Waals surface area contributed by atoms with Crippen molar-refractivity contribution in [3.05, 3.63) is 60.3 Å². The van der Waals surface area contributed by atoms with Gasteiger partial charge in [0.25, 0.3) is 0 Å². The third-order valence-corrected chi connectivity index (χ3v) is 20.1. The molecule has 1 aliphatic heterocycles. The van der Waals surface area contributed by atoms with E-state index >= 15 is 0 Å². The Labute approximate surface area is 349 Å². The number of aromatic nitrogens is 1. The molecule has 0 amide bonds. The number of carboxylic acids is 1. The predicted octanol–water partition coefficient (Wildman–Crippen LogP) is 10.9. The summed E-state index contributed by atoms with van der Waals surface area (Å²) in [4.78, 5) is 20.9. The van der Waals surface area contributed by atoms with Gasteiger partial charge >= 0.3 is 5.97 Å². The maximum absolute atomic E-state index is 13.8. The van der Waals surface area contributed by atoms with Crippen LogP contribution in [0.2, 0.25) is 0 Å². The molecule has 8 rings (SSSR count). The van der Waals surface area contributed by atoms with Crippen molar-refractivity contribution in [3.8, 4) is 5.88 Å². The molecule has 4 saturated carbocycles. The lowest BCUT2D eigenvalue weighted by atomic mass is 9.32. The van der Waals surface area contributed by atoms with E-state index < -0.39 is 16.8 Å². The van der Waals surface area contributed by atoms with Gasteiger partial charge in [0.05, 0.1) is 0 Å². The molecule has 0 aromatic carbocycles. The molecule has 2 unspecified atom stereocenters. The minimum atomic E-state index is -1.07. The first-order valence-electron chi connectivity index (χ1n) is 23.0. The zero-order valence-electron chi connectivity index (χ0n) is 36.6. The maximum Gasteiger partial charge on any atom is 0.314 e. The van der Waals surface area contributed by atoms with E-state index in [-0.39, 0.29) is 33.8 Å². The Bertz CT molecular complexity index is 1740. The van der Waals surface area contributed by atoms with Gasteiger partial charge < -0.3 is 20.1 Å². The van der Waals surface area contributed by atoms with E-state index in [2.05, 4.69) is 100 Å². The van der Waals surface area contributed by atoms with Crippen molar-refractivity contribution in [2.24, 2.45) is 62.1 Å². The number of hydrogen-bond acceptors (Lipinski definition) is 6. The van der Waals surface area contributed by atoms with Crippen molar-refractivity contribution in [2.75, 3.05) is 44.3 Å². The molecule has 1 saturated heterocycles. The maximum atomic E-state index is 13.8. The minimum absolute atomic E-state index is 0.118. The van der Waals surface area contributed by atoms with Crippen LogP contribution in [-0.4, -0.2) is 70.8 Å². The van der Waals surface area contributed by atoms with Crippen molar-refractivity contribution in [1.29, 1.82) is 0 Å². The SMILES string of the molecule is C=C(C)[C@@H]1CC[C@]2(NCCN3CCSCC3)CC[C@]3(C)[C@H](CC[C@@H]4[C@@]5(C)CC=C(C6(CC)C=CCCC6(COc6ccccn6)C(=O)O)C(C)(C)[C@@H]5CC[C@]43C)[C@@H]12. The van der Waals surface area contributed by atoms with Crippen LogP contribution in [0.15, 0.2) is 60.3 Å². The largest absolute Gasteiger partial charge is 0.481 e. The van der Waals surface area contributed by atoms with Crippen LogP contribution in [0.5, 0.6) is 5.88 Å². The summed E-state index contributed by atoms with van der Waals surface area (Å²) in [5.41, 5.74) is 1.84. The van der Waals surface area contributed by atoms with E-state index in [9.17, 15) is 9.90 Å². The number of nitrogens with zero attached hydrogens (tertiary/aromatic N) is 2. The number of rotatable bonds is 11. The predicted molar refractivity (Wildman–Crippen MR) is 235 cm³/mol. The number of carboxylic acid groups (broad SMARTS) is 1. The fourth-order valence-electron chi connectivity index (χ4n) is 16.3. The molecule has 1 aromatic rings. The van der Waals surface area contributed by atoms with Gasteiger partial charge in [0, 0.05) is 60.9 Å². The summed E-state index contributed by atoms with van der Waals surface area (Å²) in [6, 6.07) is 5.62. The van der Waals surface area contributed by atoms with Gasteiger partial charge in [0.1, 0.15) is 12.0 Å². The number of allylic oxidation sites excluding steroid dienone is 5. The van der Waals surface area contributed by atoms with Gasteiger partial charge in [-0.3, -0.25) is 4.79 Å². The Hall–Kier alpha value is -2.09. The number of thioether (sulfide) groups is 1. The average Bonchev–Trinajstić information content (AvgIpc) is 3.58. The molecule has 0 bridgehead atoms. The summed E-state index contributed by atoms with van der Waals surface area (Å²) in [6.07, 6.45) is 22.3. The number of nitrogens with one attached hydrogen (secondary N) is 1. The first-order chi connectivity index (χ1) is 27.1. The third-order valence-electron chi connectivity index (χ3n) is 19.2. The van der Waals surface area contributed by atoms with Crippen molar-refractivity contribution < 1.29 is 14.6 Å². The van der Waals surface area contributed by atoms with Crippen molar-refractivity contribution >= 4 is 17.7 Å². The van der Waals surface area contributed by atoms with Gasteiger partial charge in [-0.25, -0.2) is 4.98 Å². The van der Waals surface area contributed by atoms with Gasteiger partial charge in [0.2, 0.25) is 5.88 Å². The first kappa shape index (κ1) is 41.6. The van der Waals surface area contributed by atoms with Crippen LogP contribution in [0.1, 0.15) is 126 Å². The summed E-state index contributed by atoms with van der Waals surface area (Å²) >= 11 is 2.11. The molecule has 6 aliphatic carbocycles. The van der Waals surface area contributed by atoms with Gasteiger partial charge in [-0.1, -0.05) is 83.6 Å². The van der Waals surface area contributed by atoms with E-state index in [1.807, 2.05) is 18.2 Å². The highest BCUT2D eigenvalue weighted by Gasteiger charge is 2.71. The highest BCUT2D eigenvalue weighted by Crippen LogP contribution is 2.77. The minimum Gasteiger partial charge on any atom is -0.481 e. The zero-order chi connectivity index (χ0) is 40.5. The van der Waals surface area contributed by atoms with E-state index in [1.165, 1.54) is 93.7 Å². The van der Waals surface area contributed by atoms with Crippen LogP contribution >= 0.6 is 11.8 Å². The van der Waals surface area contributed by atoms with E-state index in [4.69, 9.17) is 4.74 Å². The molecule has 2 heterocycles. The first-order valence-corrected chi connectivity index (χ1v) is 24.2. The highest BCUT2D eigenvalue weighted by molar-refractivity contribution is 7.99. The summed E-state index contributed by atoms with van der Waals surface area (Å²) in [5, 5.41) is 15.7. The van der Waals surface area contributed by atoms with E-state index in [0.29, 0.717) is 41.9 Å². The Morgan fingerprint density at radius 1 is 1.00 bits per heavy atom. The smallest absolute Gasteiger partial charge is 0.314 e. The highest BCUT2D eigenvalue weighted by atomic mass is 32.2. The lowest BCUT2D eigenvalue weighted by Crippen LogP contribution is -2.68. The molecule has 6 nitrogen and oxygen atoms in total. The van der Waals surface area contributed by atoms with E-state index in [1.54, 1.807) is 6.20 Å².